The van der Waals surface area contributed by atoms with Crippen LogP contribution in [0.1, 0.15) is 23.7 Å². The Morgan fingerprint density at radius 1 is 0.900 bits per heavy atom. The van der Waals surface area contributed by atoms with Crippen LogP contribution in [0.15, 0.2) is 90.8 Å². The van der Waals surface area contributed by atoms with Gasteiger partial charge in [0.2, 0.25) is 5.69 Å². The number of rotatable bonds is 5. The van der Waals surface area contributed by atoms with Gasteiger partial charge in [0.15, 0.2) is 6.20 Å². The number of allylic oxidation sites excluding steroid dienone is 3. The van der Waals surface area contributed by atoms with Gasteiger partial charge >= 0.3 is 0 Å². The molecule has 0 aliphatic carbocycles. The number of ether oxygens (including phenoxy) is 1. The van der Waals surface area contributed by atoms with E-state index in [0.717, 1.165) is 34.9 Å². The van der Waals surface area contributed by atoms with E-state index in [4.69, 9.17) is 4.74 Å². The fourth-order valence-corrected chi connectivity index (χ4v) is 3.51. The molecule has 150 valence electrons. The zero-order valence-corrected chi connectivity index (χ0v) is 17.7. The second-order valence-corrected chi connectivity index (χ2v) is 7.48. The number of benzene rings is 2. The van der Waals surface area contributed by atoms with Crippen molar-refractivity contribution >= 4 is 23.4 Å². The Kier molecular flexibility index (Phi) is 5.80. The zero-order chi connectivity index (χ0) is 20.9. The van der Waals surface area contributed by atoms with Gasteiger partial charge in [0.05, 0.1) is 6.08 Å². The van der Waals surface area contributed by atoms with Crippen molar-refractivity contribution in [2.75, 3.05) is 19.0 Å². The molecule has 1 aliphatic heterocycles. The number of pyridine rings is 1. The Morgan fingerprint density at radius 2 is 1.67 bits per heavy atom. The molecule has 0 unspecified atom stereocenters. The number of aryl methyl sites for hydroxylation is 1. The molecule has 2 heterocycles. The van der Waals surface area contributed by atoms with Gasteiger partial charge in [-0.25, -0.2) is 0 Å². The van der Waals surface area contributed by atoms with E-state index in [-0.39, 0.29) is 0 Å². The third kappa shape index (κ3) is 4.36. The van der Waals surface area contributed by atoms with Crippen LogP contribution in [0.4, 0.5) is 5.69 Å². The highest BCUT2D eigenvalue weighted by Gasteiger charge is 2.16. The van der Waals surface area contributed by atoms with Crippen molar-refractivity contribution in [3.8, 4) is 5.75 Å². The second-order valence-electron chi connectivity index (χ2n) is 7.48. The maximum absolute atomic E-state index is 6.19. The minimum absolute atomic E-state index is 0.838. The molecule has 2 aromatic carbocycles. The van der Waals surface area contributed by atoms with Gasteiger partial charge in [-0.1, -0.05) is 42.5 Å². The second kappa shape index (κ2) is 8.83. The molecule has 0 saturated carbocycles. The Morgan fingerprint density at radius 3 is 2.43 bits per heavy atom. The largest absolute Gasteiger partial charge is 0.456 e. The summed E-state index contributed by atoms with van der Waals surface area (Å²) < 4.78 is 8.39. The first-order chi connectivity index (χ1) is 14.6. The quantitative estimate of drug-likeness (QED) is 0.524. The predicted octanol–water partition coefficient (Wildman–Crippen LogP) is 5.59. The maximum Gasteiger partial charge on any atom is 0.208 e. The summed E-state index contributed by atoms with van der Waals surface area (Å²) in [6, 6.07) is 22.9. The average Bonchev–Trinajstić information content (AvgIpc) is 2.78. The van der Waals surface area contributed by atoms with Crippen molar-refractivity contribution in [3.05, 3.63) is 108 Å². The van der Waals surface area contributed by atoms with Crippen LogP contribution in [0.2, 0.25) is 0 Å². The van der Waals surface area contributed by atoms with Gasteiger partial charge < -0.3 is 9.64 Å². The van der Waals surface area contributed by atoms with Gasteiger partial charge in [-0.3, -0.25) is 0 Å². The standard InChI is InChI=1S/C27H27N2O/c1-4-29-18-8-7-9-24(29)20-25-19-22(26-10-5-6-11-27(26)30-25)15-12-21-13-16-23(17-14-21)28(2)3/h5-20H,4H2,1-3H3/q+1. The van der Waals surface area contributed by atoms with E-state index in [1.165, 1.54) is 11.3 Å². The summed E-state index contributed by atoms with van der Waals surface area (Å²) in [5.74, 6) is 1.72. The summed E-state index contributed by atoms with van der Waals surface area (Å²) in [7, 11) is 4.11. The fourth-order valence-electron chi connectivity index (χ4n) is 3.51. The van der Waals surface area contributed by atoms with Gasteiger partial charge in [-0.15, -0.1) is 0 Å². The van der Waals surface area contributed by atoms with Crippen LogP contribution in [0.5, 0.6) is 5.75 Å². The van der Waals surface area contributed by atoms with Crippen LogP contribution < -0.4 is 14.2 Å². The molecular formula is C27H27N2O+. The molecule has 0 atom stereocenters. The van der Waals surface area contributed by atoms with Crippen molar-refractivity contribution in [3.63, 3.8) is 0 Å². The van der Waals surface area contributed by atoms with E-state index >= 15 is 0 Å². The first kappa shape index (κ1) is 19.7. The lowest BCUT2D eigenvalue weighted by atomic mass is 10.00. The molecule has 30 heavy (non-hydrogen) atoms. The molecule has 3 aromatic rings. The molecule has 1 aliphatic rings. The Balaban J connectivity index is 1.69. The molecule has 3 nitrogen and oxygen atoms in total. The van der Waals surface area contributed by atoms with E-state index in [9.17, 15) is 0 Å². The smallest absolute Gasteiger partial charge is 0.208 e. The minimum Gasteiger partial charge on any atom is -0.456 e. The normalized spacial score (nSPS) is 14.4. The summed E-state index contributed by atoms with van der Waals surface area (Å²) in [6.45, 7) is 3.06. The van der Waals surface area contributed by atoms with Gasteiger partial charge in [0, 0.05) is 37.5 Å². The van der Waals surface area contributed by atoms with Crippen molar-refractivity contribution < 1.29 is 9.30 Å². The van der Waals surface area contributed by atoms with E-state index in [2.05, 4.69) is 103 Å². The van der Waals surface area contributed by atoms with E-state index < -0.39 is 0 Å². The molecule has 0 N–H and O–H groups in total. The fraction of sp³-hybridized carbons (Fsp3) is 0.148. The minimum atomic E-state index is 0.838. The van der Waals surface area contributed by atoms with Gasteiger partial charge in [0.25, 0.3) is 0 Å². The molecule has 0 bridgehead atoms. The summed E-state index contributed by atoms with van der Waals surface area (Å²) in [5, 5.41) is 0. The molecule has 1 aromatic heterocycles. The Bertz CT molecular complexity index is 1120. The van der Waals surface area contributed by atoms with Gasteiger partial charge in [-0.2, -0.15) is 4.57 Å². The lowest BCUT2D eigenvalue weighted by Gasteiger charge is -2.18. The number of fused-ring (bicyclic) bond motifs is 1. The predicted molar refractivity (Wildman–Crippen MR) is 125 cm³/mol. The SMILES string of the molecule is CC[n+]1ccccc1C=C1C=C(C=Cc2ccc(N(C)C)cc2)c2ccccc2O1. The number of hydrogen-bond donors (Lipinski definition) is 0. The molecule has 3 heteroatoms. The molecule has 0 spiro atoms. The summed E-state index contributed by atoms with van der Waals surface area (Å²) in [6.07, 6.45) is 10.6. The third-order valence-electron chi connectivity index (χ3n) is 5.20. The van der Waals surface area contributed by atoms with Crippen LogP contribution in [0.3, 0.4) is 0 Å². The highest BCUT2D eigenvalue weighted by molar-refractivity contribution is 5.85. The summed E-state index contributed by atoms with van der Waals surface area (Å²) in [5.41, 5.74) is 5.72. The van der Waals surface area contributed by atoms with E-state index in [1.54, 1.807) is 0 Å². The highest BCUT2D eigenvalue weighted by Crippen LogP contribution is 2.34. The van der Waals surface area contributed by atoms with Crippen molar-refractivity contribution in [2.45, 2.75) is 13.5 Å². The van der Waals surface area contributed by atoms with Crippen molar-refractivity contribution in [1.29, 1.82) is 0 Å². The molecule has 0 radical (unpaired) electrons. The topological polar surface area (TPSA) is 16.4 Å². The number of hydrogen-bond acceptors (Lipinski definition) is 2. The highest BCUT2D eigenvalue weighted by atomic mass is 16.5. The lowest BCUT2D eigenvalue weighted by molar-refractivity contribution is -0.695. The molecule has 4 rings (SSSR count). The zero-order valence-electron chi connectivity index (χ0n) is 17.7. The number of anilines is 1. The van der Waals surface area contributed by atoms with Crippen LogP contribution in [0.25, 0.3) is 17.7 Å². The molecule has 0 fully saturated rings. The summed E-state index contributed by atoms with van der Waals surface area (Å²) in [4.78, 5) is 2.11. The number of aromatic nitrogens is 1. The lowest BCUT2D eigenvalue weighted by Crippen LogP contribution is -2.35. The van der Waals surface area contributed by atoms with Crippen LogP contribution in [-0.2, 0) is 6.54 Å². The van der Waals surface area contributed by atoms with Gasteiger partial charge in [-0.05, 0) is 48.4 Å². The van der Waals surface area contributed by atoms with Crippen molar-refractivity contribution in [2.24, 2.45) is 0 Å². The monoisotopic (exact) mass is 395 g/mol. The van der Waals surface area contributed by atoms with Crippen LogP contribution >= 0.6 is 0 Å². The first-order valence-electron chi connectivity index (χ1n) is 10.3. The van der Waals surface area contributed by atoms with E-state index in [0.29, 0.717) is 0 Å². The third-order valence-corrected chi connectivity index (χ3v) is 5.20. The van der Waals surface area contributed by atoms with Crippen LogP contribution in [0, 0.1) is 0 Å². The summed E-state index contributed by atoms with van der Waals surface area (Å²) >= 11 is 0. The molecule has 0 amide bonds. The molecule has 0 saturated heterocycles. The Hall–Kier alpha value is -3.59. The number of para-hydroxylation sites is 1. The van der Waals surface area contributed by atoms with Crippen LogP contribution in [-0.4, -0.2) is 14.1 Å². The van der Waals surface area contributed by atoms with E-state index in [1.807, 2.05) is 24.3 Å². The number of nitrogens with zero attached hydrogens (tertiary/aromatic N) is 2. The molecular weight excluding hydrogens is 368 g/mol. The maximum atomic E-state index is 6.19. The van der Waals surface area contributed by atoms with Gasteiger partial charge in [0.1, 0.15) is 18.1 Å². The first-order valence-corrected chi connectivity index (χ1v) is 10.3. The average molecular weight is 396 g/mol. The van der Waals surface area contributed by atoms with Crippen molar-refractivity contribution in [1.82, 2.24) is 0 Å². The Labute approximate surface area is 178 Å².